The summed E-state index contributed by atoms with van der Waals surface area (Å²) in [5, 5.41) is 9.32. The molecule has 0 aromatic heterocycles. The summed E-state index contributed by atoms with van der Waals surface area (Å²) in [7, 11) is -3.88. The first kappa shape index (κ1) is 23.8. The van der Waals surface area contributed by atoms with Crippen molar-refractivity contribution in [2.75, 3.05) is 6.54 Å². The molecule has 0 unspecified atom stereocenters. The van der Waals surface area contributed by atoms with Crippen LogP contribution in [0.5, 0.6) is 5.75 Å². The van der Waals surface area contributed by atoms with Crippen LogP contribution < -0.4 is 4.74 Å². The molecule has 0 radical (unpaired) electrons. The summed E-state index contributed by atoms with van der Waals surface area (Å²) >= 11 is 1.08. The minimum Gasteiger partial charge on any atom is -0.489 e. The fraction of sp³-hybridized carbons (Fsp3) is 0.208. The molecule has 168 valence electrons. The van der Waals surface area contributed by atoms with Gasteiger partial charge in [0.05, 0.1) is 10.5 Å². The van der Waals surface area contributed by atoms with Gasteiger partial charge in [0.2, 0.25) is 0 Å². The Balaban J connectivity index is 1.71. The fourth-order valence-electron chi connectivity index (χ4n) is 2.96. The number of ether oxygens (including phenoxy) is 1. The second kappa shape index (κ2) is 10.2. The molecule has 6 nitrogen and oxygen atoms in total. The van der Waals surface area contributed by atoms with E-state index in [0.717, 1.165) is 22.4 Å². The number of sulfonamides is 1. The first-order chi connectivity index (χ1) is 15.2. The summed E-state index contributed by atoms with van der Waals surface area (Å²) in [6.07, 6.45) is 0. The van der Waals surface area contributed by atoms with Crippen molar-refractivity contribution in [3.63, 3.8) is 0 Å². The molecule has 1 N–H and O–H groups in total. The standard InChI is InChI=1S/C24H25NO5S2/c1-4-25(32(28,29)22-14-7-18(3)23(15-22)24(26)27)31-21-12-10-20(11-13-21)30-16-19-8-5-17(2)6-9-19/h5-15H,4,16H2,1-3H3,(H,26,27). The Labute approximate surface area is 193 Å². The van der Waals surface area contributed by atoms with Crippen LogP contribution in [0.25, 0.3) is 0 Å². The van der Waals surface area contributed by atoms with Gasteiger partial charge in [0.15, 0.2) is 0 Å². The highest BCUT2D eigenvalue weighted by atomic mass is 32.3. The third kappa shape index (κ3) is 5.70. The van der Waals surface area contributed by atoms with Crippen LogP contribution >= 0.6 is 11.9 Å². The van der Waals surface area contributed by atoms with E-state index in [9.17, 15) is 18.3 Å². The van der Waals surface area contributed by atoms with Gasteiger partial charge < -0.3 is 9.84 Å². The Kier molecular flexibility index (Phi) is 7.60. The number of benzene rings is 3. The molecule has 0 atom stereocenters. The van der Waals surface area contributed by atoms with E-state index in [1.807, 2.05) is 31.2 Å². The van der Waals surface area contributed by atoms with E-state index in [-0.39, 0.29) is 17.0 Å². The predicted molar refractivity (Wildman–Crippen MR) is 126 cm³/mol. The van der Waals surface area contributed by atoms with Crippen LogP contribution in [0.15, 0.2) is 76.5 Å². The van der Waals surface area contributed by atoms with Crippen LogP contribution in [-0.4, -0.2) is 29.7 Å². The maximum Gasteiger partial charge on any atom is 0.335 e. The molecule has 0 bridgehead atoms. The molecule has 32 heavy (non-hydrogen) atoms. The molecule has 0 saturated heterocycles. The van der Waals surface area contributed by atoms with E-state index < -0.39 is 16.0 Å². The quantitative estimate of drug-likeness (QED) is 0.427. The van der Waals surface area contributed by atoms with Crippen molar-refractivity contribution in [2.24, 2.45) is 0 Å². The van der Waals surface area contributed by atoms with Crippen molar-refractivity contribution in [3.8, 4) is 5.75 Å². The van der Waals surface area contributed by atoms with Gasteiger partial charge >= 0.3 is 5.97 Å². The van der Waals surface area contributed by atoms with Gasteiger partial charge in [0.25, 0.3) is 10.0 Å². The fourth-order valence-corrected chi connectivity index (χ4v) is 5.57. The topological polar surface area (TPSA) is 83.9 Å². The molecule has 0 aliphatic heterocycles. The van der Waals surface area contributed by atoms with E-state index in [2.05, 4.69) is 0 Å². The Morgan fingerprint density at radius 1 is 1.00 bits per heavy atom. The highest BCUT2D eigenvalue weighted by Crippen LogP contribution is 2.31. The molecule has 0 aliphatic carbocycles. The number of carbonyl (C=O) groups is 1. The van der Waals surface area contributed by atoms with Crippen LogP contribution in [0, 0.1) is 13.8 Å². The Bertz CT molecular complexity index is 1190. The van der Waals surface area contributed by atoms with Crippen LogP contribution in [0.1, 0.15) is 34.0 Å². The van der Waals surface area contributed by atoms with Crippen molar-refractivity contribution < 1.29 is 23.1 Å². The molecule has 3 aromatic carbocycles. The summed E-state index contributed by atoms with van der Waals surface area (Å²) < 4.78 is 33.2. The van der Waals surface area contributed by atoms with E-state index in [4.69, 9.17) is 4.74 Å². The molecule has 3 aromatic rings. The van der Waals surface area contributed by atoms with E-state index >= 15 is 0 Å². The van der Waals surface area contributed by atoms with Gasteiger partial charge in [-0.3, -0.25) is 0 Å². The zero-order valence-electron chi connectivity index (χ0n) is 18.1. The molecular formula is C24H25NO5S2. The average molecular weight is 472 g/mol. The molecule has 8 heteroatoms. The molecule has 3 rings (SSSR count). The smallest absolute Gasteiger partial charge is 0.335 e. The van der Waals surface area contributed by atoms with Crippen LogP contribution in [0.4, 0.5) is 0 Å². The van der Waals surface area contributed by atoms with Gasteiger partial charge in [-0.25, -0.2) is 13.2 Å². The molecule has 0 amide bonds. The van der Waals surface area contributed by atoms with Gasteiger partial charge in [-0.15, -0.1) is 3.71 Å². The SMILES string of the molecule is CCN(Sc1ccc(OCc2ccc(C)cc2)cc1)S(=O)(=O)c1ccc(C)c(C(=O)O)c1. The molecule has 0 heterocycles. The van der Waals surface area contributed by atoms with Crippen molar-refractivity contribution in [1.29, 1.82) is 0 Å². The highest BCUT2D eigenvalue weighted by Gasteiger charge is 2.26. The monoisotopic (exact) mass is 471 g/mol. The number of aryl methyl sites for hydroxylation is 2. The number of hydrogen-bond acceptors (Lipinski definition) is 5. The van der Waals surface area contributed by atoms with Crippen molar-refractivity contribution >= 4 is 27.9 Å². The first-order valence-corrected chi connectivity index (χ1v) is 12.2. The normalized spacial score (nSPS) is 11.5. The zero-order chi connectivity index (χ0) is 23.3. The number of carboxylic acid groups (broad SMARTS) is 1. The molecular weight excluding hydrogens is 446 g/mol. The maximum atomic E-state index is 13.1. The minimum absolute atomic E-state index is 0.0257. The molecule has 0 spiro atoms. The highest BCUT2D eigenvalue weighted by molar-refractivity contribution is 8.08. The van der Waals surface area contributed by atoms with Crippen molar-refractivity contribution in [1.82, 2.24) is 3.71 Å². The maximum absolute atomic E-state index is 13.1. The average Bonchev–Trinajstić information content (AvgIpc) is 2.77. The number of hydrogen-bond donors (Lipinski definition) is 1. The van der Waals surface area contributed by atoms with Crippen LogP contribution in [-0.2, 0) is 16.6 Å². The number of nitrogens with zero attached hydrogens (tertiary/aromatic N) is 1. The van der Waals surface area contributed by atoms with Gasteiger partial charge in [-0.05, 0) is 73.3 Å². The lowest BCUT2D eigenvalue weighted by Crippen LogP contribution is -2.24. The Morgan fingerprint density at radius 2 is 1.66 bits per heavy atom. The lowest BCUT2D eigenvalue weighted by Gasteiger charge is -2.20. The van der Waals surface area contributed by atoms with E-state index in [1.165, 1.54) is 27.5 Å². The largest absolute Gasteiger partial charge is 0.489 e. The lowest BCUT2D eigenvalue weighted by molar-refractivity contribution is 0.0696. The first-order valence-electron chi connectivity index (χ1n) is 10.0. The minimum atomic E-state index is -3.88. The van der Waals surface area contributed by atoms with Crippen LogP contribution in [0.3, 0.4) is 0 Å². The molecule has 0 aliphatic rings. The predicted octanol–water partition coefficient (Wildman–Crippen LogP) is 5.30. The van der Waals surface area contributed by atoms with Gasteiger partial charge in [0.1, 0.15) is 12.4 Å². The van der Waals surface area contributed by atoms with Crippen molar-refractivity contribution in [3.05, 3.63) is 89.0 Å². The summed E-state index contributed by atoms with van der Waals surface area (Å²) in [4.78, 5) is 12.1. The third-order valence-corrected chi connectivity index (χ3v) is 8.22. The summed E-state index contributed by atoms with van der Waals surface area (Å²) in [6.45, 7) is 6.06. The van der Waals surface area contributed by atoms with Crippen molar-refractivity contribution in [2.45, 2.75) is 37.2 Å². The lowest BCUT2D eigenvalue weighted by atomic mass is 10.1. The van der Waals surface area contributed by atoms with E-state index in [1.54, 1.807) is 38.1 Å². The number of rotatable bonds is 9. The summed E-state index contributed by atoms with van der Waals surface area (Å²) in [6, 6.07) is 19.4. The number of aromatic carboxylic acids is 1. The summed E-state index contributed by atoms with van der Waals surface area (Å²) in [5.41, 5.74) is 2.74. The Hall–Kier alpha value is -2.81. The molecule has 0 saturated carbocycles. The van der Waals surface area contributed by atoms with E-state index in [0.29, 0.717) is 17.9 Å². The summed E-state index contributed by atoms with van der Waals surface area (Å²) in [5.74, 6) is -0.470. The van der Waals surface area contributed by atoms with Gasteiger partial charge in [-0.2, -0.15) is 0 Å². The van der Waals surface area contributed by atoms with Gasteiger partial charge in [-0.1, -0.05) is 42.8 Å². The third-order valence-electron chi connectivity index (χ3n) is 4.82. The second-order valence-corrected chi connectivity index (χ2v) is 10.4. The zero-order valence-corrected chi connectivity index (χ0v) is 19.7. The van der Waals surface area contributed by atoms with Crippen LogP contribution in [0.2, 0.25) is 0 Å². The number of carboxylic acids is 1. The molecule has 0 fully saturated rings. The van der Waals surface area contributed by atoms with Gasteiger partial charge in [0, 0.05) is 11.4 Å². The Morgan fingerprint density at radius 3 is 2.25 bits per heavy atom. The second-order valence-electron chi connectivity index (χ2n) is 7.24.